The first-order valence-corrected chi connectivity index (χ1v) is 4.65. The van der Waals surface area contributed by atoms with Gasteiger partial charge in [-0.05, 0) is 6.92 Å². The predicted octanol–water partition coefficient (Wildman–Crippen LogP) is 4.04. The van der Waals surface area contributed by atoms with Crippen LogP contribution >= 0.6 is 22.6 Å². The molecule has 7 heteroatoms. The molecule has 1 aromatic carbocycles. The quantitative estimate of drug-likeness (QED) is 0.313. The van der Waals surface area contributed by atoms with Crippen molar-refractivity contribution in [2.75, 3.05) is 0 Å². The maximum atomic E-state index is 12.9. The molecule has 1 rings (SSSR count). The highest BCUT2D eigenvalue weighted by atomic mass is 127. The second-order valence-corrected chi connectivity index (χ2v) is 4.11. The Hall–Kier alpha value is -0.470. The van der Waals surface area contributed by atoms with Crippen LogP contribution < -0.4 is 0 Å². The average molecular weight is 340 g/mol. The largest absolute Gasteiger partial charge is 0.327 e. The standard InChI is InChI=1S/C8H3F6I/c1-2-4(9)6(11)3(8(13,14)15)7(12)5(2)10/h1H3. The molecule has 0 aliphatic heterocycles. The van der Waals surface area contributed by atoms with E-state index in [4.69, 9.17) is 0 Å². The second kappa shape index (κ2) is 3.84. The molecule has 1 aromatic rings. The van der Waals surface area contributed by atoms with Gasteiger partial charge in [0, 0.05) is 28.2 Å². The third-order valence-corrected chi connectivity index (χ3v) is 2.31. The number of alkyl halides is 3. The SMILES string of the molecule is Cc1c(F)c(F)c(C(F)(F)I)c(F)c1F. The molecule has 0 saturated carbocycles. The molecule has 0 spiro atoms. The molecule has 0 aromatic heterocycles. The van der Waals surface area contributed by atoms with Gasteiger partial charge in [-0.25, -0.2) is 17.6 Å². The van der Waals surface area contributed by atoms with E-state index in [1.165, 1.54) is 0 Å². The third-order valence-electron chi connectivity index (χ3n) is 1.77. The highest BCUT2D eigenvalue weighted by molar-refractivity contribution is 14.1. The van der Waals surface area contributed by atoms with Gasteiger partial charge in [0.15, 0.2) is 23.3 Å². The Morgan fingerprint density at radius 1 is 0.867 bits per heavy atom. The molecule has 84 valence electrons. The summed E-state index contributed by atoms with van der Waals surface area (Å²) in [5.74, 6) is -7.74. The fraction of sp³-hybridized carbons (Fsp3) is 0.250. The van der Waals surface area contributed by atoms with E-state index in [0.717, 1.165) is 6.92 Å². The minimum Gasteiger partial charge on any atom is -0.203 e. The minimum atomic E-state index is -4.01. The molecule has 0 unspecified atom stereocenters. The molecule has 0 heterocycles. The maximum absolute atomic E-state index is 12.9. The lowest BCUT2D eigenvalue weighted by molar-refractivity contribution is 0.115. The van der Waals surface area contributed by atoms with Gasteiger partial charge in [0.1, 0.15) is 5.56 Å². The van der Waals surface area contributed by atoms with Crippen LogP contribution in [0.25, 0.3) is 0 Å². The molecule has 0 amide bonds. The van der Waals surface area contributed by atoms with Gasteiger partial charge in [-0.15, -0.1) is 0 Å². The van der Waals surface area contributed by atoms with Crippen LogP contribution in [-0.2, 0) is 3.93 Å². The van der Waals surface area contributed by atoms with Crippen LogP contribution in [0.1, 0.15) is 11.1 Å². The van der Waals surface area contributed by atoms with E-state index in [9.17, 15) is 26.3 Å². The van der Waals surface area contributed by atoms with Gasteiger partial charge >= 0.3 is 3.93 Å². The van der Waals surface area contributed by atoms with Crippen LogP contribution in [0.5, 0.6) is 0 Å². The lowest BCUT2D eigenvalue weighted by atomic mass is 10.1. The normalized spacial score (nSPS) is 12.0. The van der Waals surface area contributed by atoms with Gasteiger partial charge in [0.25, 0.3) is 0 Å². The number of benzene rings is 1. The Bertz CT molecular complexity index is 380. The van der Waals surface area contributed by atoms with Crippen LogP contribution in [0.2, 0.25) is 0 Å². The fourth-order valence-corrected chi connectivity index (χ4v) is 1.46. The van der Waals surface area contributed by atoms with Gasteiger partial charge < -0.3 is 0 Å². The van der Waals surface area contributed by atoms with Crippen molar-refractivity contribution in [1.29, 1.82) is 0 Å². The van der Waals surface area contributed by atoms with E-state index in [2.05, 4.69) is 0 Å². The minimum absolute atomic E-state index is 0.392. The summed E-state index contributed by atoms with van der Waals surface area (Å²) in [6.45, 7) is 0.756. The molecule has 0 fully saturated rings. The zero-order chi connectivity index (χ0) is 12.0. The van der Waals surface area contributed by atoms with Crippen molar-refractivity contribution in [1.82, 2.24) is 0 Å². The monoisotopic (exact) mass is 340 g/mol. The van der Waals surface area contributed by atoms with E-state index >= 15 is 0 Å². The Kier molecular flexibility index (Phi) is 3.22. The summed E-state index contributed by atoms with van der Waals surface area (Å²) in [6.07, 6.45) is 0. The lowest BCUT2D eigenvalue weighted by Gasteiger charge is -2.13. The molecule has 0 saturated heterocycles. The van der Waals surface area contributed by atoms with Crippen molar-refractivity contribution in [3.8, 4) is 0 Å². The number of hydrogen-bond donors (Lipinski definition) is 0. The Balaban J connectivity index is 3.68. The fourth-order valence-electron chi connectivity index (χ4n) is 0.990. The van der Waals surface area contributed by atoms with Crippen LogP contribution in [0.3, 0.4) is 0 Å². The van der Waals surface area contributed by atoms with E-state index in [-0.39, 0.29) is 0 Å². The molecular weight excluding hydrogens is 337 g/mol. The summed E-state index contributed by atoms with van der Waals surface area (Å²) >= 11 is 0.392. The zero-order valence-electron chi connectivity index (χ0n) is 7.15. The van der Waals surface area contributed by atoms with Crippen LogP contribution in [0.4, 0.5) is 26.3 Å². The number of rotatable bonds is 1. The molecule has 0 nitrogen and oxygen atoms in total. The Labute approximate surface area is 94.4 Å². The highest BCUT2D eigenvalue weighted by Crippen LogP contribution is 2.40. The van der Waals surface area contributed by atoms with E-state index < -0.39 is 38.3 Å². The van der Waals surface area contributed by atoms with Crippen molar-refractivity contribution in [2.24, 2.45) is 0 Å². The van der Waals surface area contributed by atoms with E-state index in [1.54, 1.807) is 0 Å². The van der Waals surface area contributed by atoms with Gasteiger partial charge in [-0.1, -0.05) is 0 Å². The smallest absolute Gasteiger partial charge is 0.203 e. The van der Waals surface area contributed by atoms with Crippen LogP contribution in [0, 0.1) is 30.2 Å². The summed E-state index contributed by atoms with van der Waals surface area (Å²) < 4.78 is 72.8. The highest BCUT2D eigenvalue weighted by Gasteiger charge is 2.38. The summed E-state index contributed by atoms with van der Waals surface area (Å²) in [6, 6.07) is 0. The first kappa shape index (κ1) is 12.6. The zero-order valence-corrected chi connectivity index (χ0v) is 9.30. The van der Waals surface area contributed by atoms with Crippen molar-refractivity contribution in [3.05, 3.63) is 34.4 Å². The summed E-state index contributed by atoms with van der Waals surface area (Å²) in [5.41, 5.74) is -2.86. The van der Waals surface area contributed by atoms with Gasteiger partial charge in [-0.2, -0.15) is 8.78 Å². The summed E-state index contributed by atoms with van der Waals surface area (Å²) in [7, 11) is 0. The summed E-state index contributed by atoms with van der Waals surface area (Å²) in [5, 5.41) is 0. The average Bonchev–Trinajstić information content (AvgIpc) is 2.09. The lowest BCUT2D eigenvalue weighted by Crippen LogP contribution is -2.14. The molecule has 15 heavy (non-hydrogen) atoms. The molecule has 0 atom stereocenters. The van der Waals surface area contributed by atoms with E-state index in [1.807, 2.05) is 0 Å². The first-order valence-electron chi connectivity index (χ1n) is 3.57. The molecule has 0 aliphatic rings. The second-order valence-electron chi connectivity index (χ2n) is 2.75. The van der Waals surface area contributed by atoms with Crippen molar-refractivity contribution in [3.63, 3.8) is 0 Å². The maximum Gasteiger partial charge on any atom is 0.327 e. The van der Waals surface area contributed by atoms with Gasteiger partial charge in [-0.3, -0.25) is 0 Å². The molecule has 0 radical (unpaired) electrons. The molecular formula is C8H3F6I. The van der Waals surface area contributed by atoms with Crippen molar-refractivity contribution < 1.29 is 26.3 Å². The third kappa shape index (κ3) is 2.06. The summed E-state index contributed by atoms with van der Waals surface area (Å²) in [4.78, 5) is 0. The Morgan fingerprint density at radius 3 is 1.47 bits per heavy atom. The van der Waals surface area contributed by atoms with Gasteiger partial charge in [0.2, 0.25) is 0 Å². The number of hydrogen-bond acceptors (Lipinski definition) is 0. The number of halogens is 7. The predicted molar refractivity (Wildman–Crippen MR) is 48.9 cm³/mol. The van der Waals surface area contributed by atoms with Crippen molar-refractivity contribution in [2.45, 2.75) is 10.9 Å². The van der Waals surface area contributed by atoms with Gasteiger partial charge in [0.05, 0.1) is 0 Å². The molecule has 0 N–H and O–H groups in total. The Morgan fingerprint density at radius 2 is 1.20 bits per heavy atom. The molecule has 0 aliphatic carbocycles. The first-order chi connectivity index (χ1) is 6.68. The van der Waals surface area contributed by atoms with Crippen molar-refractivity contribution >= 4 is 22.6 Å². The van der Waals surface area contributed by atoms with E-state index in [0.29, 0.717) is 22.6 Å². The molecule has 0 bridgehead atoms. The van der Waals surface area contributed by atoms with Crippen LogP contribution in [-0.4, -0.2) is 0 Å². The van der Waals surface area contributed by atoms with Crippen LogP contribution in [0.15, 0.2) is 0 Å². The topological polar surface area (TPSA) is 0 Å².